The lowest BCUT2D eigenvalue weighted by Crippen LogP contribution is -2.04. The topological polar surface area (TPSA) is 43.1 Å². The zero-order valence-corrected chi connectivity index (χ0v) is 6.04. The summed E-state index contributed by atoms with van der Waals surface area (Å²) in [5, 5.41) is -1.94. The first-order valence-electron chi connectivity index (χ1n) is 2.20. The van der Waals surface area contributed by atoms with E-state index in [1.807, 2.05) is 0 Å². The van der Waals surface area contributed by atoms with Crippen molar-refractivity contribution >= 4 is 17.5 Å². The van der Waals surface area contributed by atoms with Crippen LogP contribution in [0.5, 0.6) is 0 Å². The molecule has 0 aromatic rings. The van der Waals surface area contributed by atoms with Crippen molar-refractivity contribution in [2.24, 2.45) is 5.73 Å². The van der Waals surface area contributed by atoms with Gasteiger partial charge in [-0.25, -0.2) is 0 Å². The van der Waals surface area contributed by atoms with Crippen LogP contribution in [0.15, 0.2) is 24.0 Å². The minimum Gasteiger partial charge on any atom is -0.366 e. The van der Waals surface area contributed by atoms with Crippen molar-refractivity contribution in [1.82, 2.24) is 0 Å². The van der Waals surface area contributed by atoms with Crippen LogP contribution in [0.3, 0.4) is 0 Å². The van der Waals surface area contributed by atoms with Gasteiger partial charge >= 0.3 is 6.08 Å². The van der Waals surface area contributed by atoms with Crippen LogP contribution >= 0.6 is 11.6 Å². The number of carbonyl (C=O) groups excluding carboxylic acids is 1. The smallest absolute Gasteiger partial charge is 0.317 e. The molecule has 0 aliphatic rings. The molecule has 0 atom stereocenters. The van der Waals surface area contributed by atoms with Gasteiger partial charge in [0.15, 0.2) is 0 Å². The predicted molar refractivity (Wildman–Crippen MR) is 35.6 cm³/mol. The van der Waals surface area contributed by atoms with Gasteiger partial charge in [-0.15, -0.1) is 0 Å². The van der Waals surface area contributed by atoms with Crippen LogP contribution < -0.4 is 5.73 Å². The molecule has 0 saturated carbocycles. The first-order valence-corrected chi connectivity index (χ1v) is 2.57. The standard InChI is InChI=1S/C3H5NO.C2ClF3/c1-2-3(4)5;3-1(4)2(5)6/h2H,1H2,(H2,4,5);. The van der Waals surface area contributed by atoms with Gasteiger partial charge in [-0.1, -0.05) is 6.58 Å². The minimum absolute atomic E-state index is 0.481. The third kappa shape index (κ3) is 17.6. The second-order valence-electron chi connectivity index (χ2n) is 1.13. The minimum atomic E-state index is -2.48. The first kappa shape index (κ1) is 12.7. The lowest BCUT2D eigenvalue weighted by Gasteiger charge is -1.70. The van der Waals surface area contributed by atoms with E-state index in [4.69, 9.17) is 0 Å². The Kier molecular flexibility index (Phi) is 8.23. The highest BCUT2D eigenvalue weighted by molar-refractivity contribution is 6.28. The predicted octanol–water partition coefficient (Wildman–Crippen LogP) is 1.92. The van der Waals surface area contributed by atoms with E-state index in [1.165, 1.54) is 0 Å². The summed E-state index contributed by atoms with van der Waals surface area (Å²) in [5.41, 5.74) is 4.53. The number of amides is 1. The van der Waals surface area contributed by atoms with Gasteiger partial charge in [-0.3, -0.25) is 4.79 Å². The molecule has 0 bridgehead atoms. The number of primary amides is 1. The quantitative estimate of drug-likeness (QED) is 0.626. The second-order valence-corrected chi connectivity index (χ2v) is 1.46. The number of rotatable bonds is 1. The van der Waals surface area contributed by atoms with Gasteiger partial charge in [0.05, 0.1) is 0 Å². The Balaban J connectivity index is 0. The summed E-state index contributed by atoms with van der Waals surface area (Å²) < 4.78 is 31.8. The van der Waals surface area contributed by atoms with Crippen molar-refractivity contribution in [1.29, 1.82) is 0 Å². The number of nitrogens with two attached hydrogens (primary N) is 1. The second kappa shape index (κ2) is 7.14. The maximum absolute atomic E-state index is 10.7. The molecule has 0 aliphatic heterocycles. The average molecular weight is 188 g/mol. The SMILES string of the molecule is C=CC(N)=O.FC(F)=C(F)Cl. The zero-order valence-electron chi connectivity index (χ0n) is 5.28. The van der Waals surface area contributed by atoms with Crippen molar-refractivity contribution in [3.63, 3.8) is 0 Å². The van der Waals surface area contributed by atoms with Crippen molar-refractivity contribution in [2.75, 3.05) is 0 Å². The Labute approximate surface area is 66.1 Å². The average Bonchev–Trinajstić information content (AvgIpc) is 1.89. The van der Waals surface area contributed by atoms with Gasteiger partial charge in [-0.2, -0.15) is 13.2 Å². The van der Waals surface area contributed by atoms with Crippen molar-refractivity contribution in [3.05, 3.63) is 24.0 Å². The number of carbonyl (C=O) groups is 1. The van der Waals surface area contributed by atoms with E-state index < -0.39 is 17.3 Å². The zero-order chi connectivity index (χ0) is 9.44. The highest BCUT2D eigenvalue weighted by Crippen LogP contribution is 2.11. The van der Waals surface area contributed by atoms with E-state index in [9.17, 15) is 18.0 Å². The molecule has 0 heterocycles. The van der Waals surface area contributed by atoms with Gasteiger partial charge < -0.3 is 5.73 Å². The summed E-state index contributed by atoms with van der Waals surface area (Å²) in [4.78, 5) is 9.47. The van der Waals surface area contributed by atoms with Gasteiger partial charge in [0.1, 0.15) is 0 Å². The Morgan fingerprint density at radius 2 is 1.64 bits per heavy atom. The van der Waals surface area contributed by atoms with Crippen LogP contribution in [0.2, 0.25) is 0 Å². The van der Waals surface area contributed by atoms with Crippen molar-refractivity contribution in [2.45, 2.75) is 0 Å². The van der Waals surface area contributed by atoms with E-state index in [2.05, 4.69) is 23.9 Å². The molecule has 0 fully saturated rings. The molecule has 0 rings (SSSR count). The van der Waals surface area contributed by atoms with Gasteiger partial charge in [0.25, 0.3) is 5.29 Å². The highest BCUT2D eigenvalue weighted by atomic mass is 35.5. The number of hydrogen-bond acceptors (Lipinski definition) is 1. The summed E-state index contributed by atoms with van der Waals surface area (Å²) >= 11 is 4.08. The molecular weight excluding hydrogens is 183 g/mol. The van der Waals surface area contributed by atoms with Crippen LogP contribution in [0.1, 0.15) is 0 Å². The monoisotopic (exact) mass is 187 g/mol. The molecule has 64 valence electrons. The summed E-state index contributed by atoms with van der Waals surface area (Å²) in [5.74, 6) is -0.481. The summed E-state index contributed by atoms with van der Waals surface area (Å²) in [7, 11) is 0. The molecular formula is C5H5ClF3NO. The lowest BCUT2D eigenvalue weighted by atomic mass is 10.6. The van der Waals surface area contributed by atoms with Crippen LogP contribution in [0, 0.1) is 0 Å². The maximum Gasteiger partial charge on any atom is 0.317 e. The first-order chi connectivity index (χ1) is 4.91. The molecule has 2 N–H and O–H groups in total. The van der Waals surface area contributed by atoms with E-state index in [1.54, 1.807) is 0 Å². The number of hydrogen-bond donors (Lipinski definition) is 1. The molecule has 6 heteroatoms. The molecule has 0 aromatic carbocycles. The molecule has 0 aromatic heterocycles. The van der Waals surface area contributed by atoms with Crippen LogP contribution in [0.25, 0.3) is 0 Å². The molecule has 0 unspecified atom stereocenters. The Hall–Kier alpha value is -0.970. The third-order valence-electron chi connectivity index (χ3n) is 0.344. The highest BCUT2D eigenvalue weighted by Gasteiger charge is 1.95. The Morgan fingerprint density at radius 3 is 1.64 bits per heavy atom. The van der Waals surface area contributed by atoms with E-state index in [0.717, 1.165) is 6.08 Å². The van der Waals surface area contributed by atoms with E-state index in [0.29, 0.717) is 0 Å². The van der Waals surface area contributed by atoms with Crippen molar-refractivity contribution in [3.8, 4) is 0 Å². The van der Waals surface area contributed by atoms with Crippen LogP contribution in [-0.4, -0.2) is 5.91 Å². The normalized spacial score (nSPS) is 7.27. The van der Waals surface area contributed by atoms with Gasteiger partial charge in [0, 0.05) is 0 Å². The molecule has 11 heavy (non-hydrogen) atoms. The third-order valence-corrected chi connectivity index (χ3v) is 0.487. The molecule has 1 amide bonds. The largest absolute Gasteiger partial charge is 0.366 e. The van der Waals surface area contributed by atoms with Gasteiger partial charge in [0.2, 0.25) is 5.91 Å². The fraction of sp³-hybridized carbons (Fsp3) is 0. The molecule has 2 nitrogen and oxygen atoms in total. The van der Waals surface area contributed by atoms with E-state index >= 15 is 0 Å². The molecule has 0 radical (unpaired) electrons. The summed E-state index contributed by atoms with van der Waals surface area (Å²) in [6, 6.07) is 0. The molecule has 0 aliphatic carbocycles. The van der Waals surface area contributed by atoms with Gasteiger partial charge in [-0.05, 0) is 17.7 Å². The van der Waals surface area contributed by atoms with E-state index in [-0.39, 0.29) is 0 Å². The summed E-state index contributed by atoms with van der Waals surface area (Å²) in [6.45, 7) is 3.09. The summed E-state index contributed by atoms with van der Waals surface area (Å²) in [6.07, 6.45) is -1.42. The Bertz CT molecular complexity index is 163. The Morgan fingerprint density at radius 1 is 1.45 bits per heavy atom. The maximum atomic E-state index is 10.7. The number of halogens is 4. The molecule has 0 spiro atoms. The lowest BCUT2D eigenvalue weighted by molar-refractivity contribution is -0.113. The fourth-order valence-corrected chi connectivity index (χ4v) is 0. The van der Waals surface area contributed by atoms with Crippen molar-refractivity contribution < 1.29 is 18.0 Å². The fourth-order valence-electron chi connectivity index (χ4n) is 0. The van der Waals surface area contributed by atoms with Crippen LogP contribution in [-0.2, 0) is 4.79 Å². The van der Waals surface area contributed by atoms with Crippen LogP contribution in [0.4, 0.5) is 13.2 Å². The molecule has 0 saturated heterocycles.